The first-order chi connectivity index (χ1) is 9.72. The molecule has 5 heteroatoms. The zero-order chi connectivity index (χ0) is 13.9. The lowest BCUT2D eigenvalue weighted by atomic mass is 10.1. The molecule has 1 aliphatic heterocycles. The Morgan fingerprint density at radius 1 is 1.25 bits per heavy atom. The lowest BCUT2D eigenvalue weighted by molar-refractivity contribution is -0.134. The molecular weight excluding hydrogens is 257 g/mol. The number of nitrogens with one attached hydrogen (secondary N) is 2. The van der Waals surface area contributed by atoms with Gasteiger partial charge in [0.15, 0.2) is 0 Å². The minimum Gasteiger partial charge on any atom is -0.337 e. The first kappa shape index (κ1) is 13.5. The highest BCUT2D eigenvalue weighted by atomic mass is 19.1. The lowest BCUT2D eigenvalue weighted by Gasteiger charge is -2.25. The van der Waals surface area contributed by atoms with Crippen molar-refractivity contribution < 1.29 is 9.18 Å². The van der Waals surface area contributed by atoms with E-state index in [9.17, 15) is 9.18 Å². The van der Waals surface area contributed by atoms with Crippen molar-refractivity contribution in [1.29, 1.82) is 0 Å². The second-order valence-corrected chi connectivity index (χ2v) is 5.70. The highest BCUT2D eigenvalue weighted by Crippen LogP contribution is 2.30. The summed E-state index contributed by atoms with van der Waals surface area (Å²) in [6, 6.07) is 6.27. The molecule has 4 nitrogen and oxygen atoms in total. The standard InChI is InChI=1S/C15H20FN3O/c16-13-5-3-12(4-6-13)10-19(9-11-1-2-11)15(20)14-7-8-17-18-14/h3-6,11,14,17-18H,1-2,7-10H2. The number of carbonyl (C=O) groups is 1. The van der Waals surface area contributed by atoms with Crippen LogP contribution < -0.4 is 10.9 Å². The van der Waals surface area contributed by atoms with Crippen LogP contribution in [-0.2, 0) is 11.3 Å². The average Bonchev–Trinajstić information content (AvgIpc) is 3.10. The zero-order valence-corrected chi connectivity index (χ0v) is 11.4. The van der Waals surface area contributed by atoms with Crippen molar-refractivity contribution in [2.75, 3.05) is 13.1 Å². The Bertz CT molecular complexity index is 467. The van der Waals surface area contributed by atoms with Gasteiger partial charge in [0.2, 0.25) is 5.91 Å². The predicted molar refractivity (Wildman–Crippen MR) is 74.1 cm³/mol. The van der Waals surface area contributed by atoms with Crippen LogP contribution in [0.25, 0.3) is 0 Å². The van der Waals surface area contributed by atoms with E-state index in [1.165, 1.54) is 25.0 Å². The molecule has 0 spiro atoms. The van der Waals surface area contributed by atoms with Crippen LogP contribution in [0, 0.1) is 11.7 Å². The third-order valence-electron chi connectivity index (χ3n) is 3.91. The first-order valence-electron chi connectivity index (χ1n) is 7.24. The molecule has 0 aromatic heterocycles. The van der Waals surface area contributed by atoms with Crippen molar-refractivity contribution in [1.82, 2.24) is 15.8 Å². The van der Waals surface area contributed by atoms with Crippen molar-refractivity contribution in [3.63, 3.8) is 0 Å². The summed E-state index contributed by atoms with van der Waals surface area (Å²) in [5.41, 5.74) is 7.00. The van der Waals surface area contributed by atoms with E-state index in [0.717, 1.165) is 25.1 Å². The fourth-order valence-electron chi connectivity index (χ4n) is 2.54. The van der Waals surface area contributed by atoms with Crippen LogP contribution in [0.2, 0.25) is 0 Å². The van der Waals surface area contributed by atoms with Gasteiger partial charge in [-0.05, 0) is 42.9 Å². The van der Waals surface area contributed by atoms with Gasteiger partial charge in [0.25, 0.3) is 0 Å². The SMILES string of the molecule is O=C(C1CCNN1)N(Cc1ccc(F)cc1)CC1CC1. The maximum Gasteiger partial charge on any atom is 0.241 e. The molecule has 1 aliphatic carbocycles. The number of rotatable bonds is 5. The van der Waals surface area contributed by atoms with Crippen LogP contribution in [-0.4, -0.2) is 29.9 Å². The molecule has 0 radical (unpaired) electrons. The largest absolute Gasteiger partial charge is 0.337 e. The van der Waals surface area contributed by atoms with Crippen molar-refractivity contribution >= 4 is 5.91 Å². The molecular formula is C15H20FN3O. The van der Waals surface area contributed by atoms with Crippen LogP contribution in [0.4, 0.5) is 4.39 Å². The lowest BCUT2D eigenvalue weighted by Crippen LogP contribution is -2.46. The van der Waals surface area contributed by atoms with Crippen LogP contribution >= 0.6 is 0 Å². The Kier molecular flexibility index (Phi) is 3.98. The molecule has 2 aliphatic rings. The third kappa shape index (κ3) is 3.35. The van der Waals surface area contributed by atoms with Gasteiger partial charge in [-0.15, -0.1) is 0 Å². The van der Waals surface area contributed by atoms with E-state index in [4.69, 9.17) is 0 Å². The summed E-state index contributed by atoms with van der Waals surface area (Å²) in [5, 5.41) is 0. The quantitative estimate of drug-likeness (QED) is 0.856. The molecule has 1 unspecified atom stereocenters. The van der Waals surface area contributed by atoms with Gasteiger partial charge in [-0.1, -0.05) is 12.1 Å². The third-order valence-corrected chi connectivity index (χ3v) is 3.91. The van der Waals surface area contributed by atoms with Gasteiger partial charge in [-0.3, -0.25) is 10.2 Å². The summed E-state index contributed by atoms with van der Waals surface area (Å²) in [6.07, 6.45) is 3.25. The Morgan fingerprint density at radius 2 is 2.00 bits per heavy atom. The minimum absolute atomic E-state index is 0.130. The molecule has 1 amide bonds. The van der Waals surface area contributed by atoms with Gasteiger partial charge in [0.1, 0.15) is 11.9 Å². The average molecular weight is 277 g/mol. The highest BCUT2D eigenvalue weighted by Gasteiger charge is 2.31. The van der Waals surface area contributed by atoms with E-state index < -0.39 is 0 Å². The summed E-state index contributed by atoms with van der Waals surface area (Å²) in [6.45, 7) is 2.20. The summed E-state index contributed by atoms with van der Waals surface area (Å²) >= 11 is 0. The van der Waals surface area contributed by atoms with Gasteiger partial charge in [0.05, 0.1) is 0 Å². The molecule has 20 heavy (non-hydrogen) atoms. The van der Waals surface area contributed by atoms with Crippen LogP contribution in [0.1, 0.15) is 24.8 Å². The maximum atomic E-state index is 12.9. The molecule has 2 fully saturated rings. The molecule has 1 aromatic rings. The number of nitrogens with zero attached hydrogens (tertiary/aromatic N) is 1. The smallest absolute Gasteiger partial charge is 0.241 e. The number of hydrazine groups is 1. The molecule has 1 heterocycles. The number of halogens is 1. The number of amides is 1. The van der Waals surface area contributed by atoms with Gasteiger partial charge in [0, 0.05) is 19.6 Å². The Hall–Kier alpha value is -1.46. The van der Waals surface area contributed by atoms with E-state index in [1.54, 1.807) is 12.1 Å². The van der Waals surface area contributed by atoms with Crippen molar-refractivity contribution in [2.45, 2.75) is 31.8 Å². The molecule has 3 rings (SSSR count). The van der Waals surface area contributed by atoms with Gasteiger partial charge >= 0.3 is 0 Å². The van der Waals surface area contributed by atoms with E-state index in [2.05, 4.69) is 10.9 Å². The fourth-order valence-corrected chi connectivity index (χ4v) is 2.54. The molecule has 1 atom stereocenters. The van der Waals surface area contributed by atoms with E-state index in [-0.39, 0.29) is 17.8 Å². The molecule has 1 aromatic carbocycles. The molecule has 2 N–H and O–H groups in total. The molecule has 108 valence electrons. The Labute approximate surface area is 118 Å². The molecule has 1 saturated heterocycles. The summed E-state index contributed by atoms with van der Waals surface area (Å²) in [4.78, 5) is 14.4. The Balaban J connectivity index is 1.67. The zero-order valence-electron chi connectivity index (χ0n) is 11.4. The van der Waals surface area contributed by atoms with Crippen molar-refractivity contribution in [3.8, 4) is 0 Å². The first-order valence-corrected chi connectivity index (χ1v) is 7.24. The topological polar surface area (TPSA) is 44.4 Å². The van der Waals surface area contributed by atoms with Crippen molar-refractivity contribution in [3.05, 3.63) is 35.6 Å². The van der Waals surface area contributed by atoms with Gasteiger partial charge in [-0.25, -0.2) is 9.82 Å². The van der Waals surface area contributed by atoms with Crippen LogP contribution in [0.3, 0.4) is 0 Å². The van der Waals surface area contributed by atoms with Gasteiger partial charge < -0.3 is 4.90 Å². The number of hydrogen-bond donors (Lipinski definition) is 2. The van der Waals surface area contributed by atoms with Crippen LogP contribution in [0.5, 0.6) is 0 Å². The van der Waals surface area contributed by atoms with E-state index >= 15 is 0 Å². The number of hydrogen-bond acceptors (Lipinski definition) is 3. The summed E-state index contributed by atoms with van der Waals surface area (Å²) in [7, 11) is 0. The Morgan fingerprint density at radius 3 is 2.60 bits per heavy atom. The van der Waals surface area contributed by atoms with Crippen molar-refractivity contribution in [2.24, 2.45) is 5.92 Å². The summed E-state index contributed by atoms with van der Waals surface area (Å²) in [5.74, 6) is 0.551. The number of carbonyl (C=O) groups excluding carboxylic acids is 1. The normalized spacial score (nSPS) is 21.9. The van der Waals surface area contributed by atoms with Gasteiger partial charge in [-0.2, -0.15) is 0 Å². The predicted octanol–water partition coefficient (Wildman–Crippen LogP) is 1.43. The summed E-state index contributed by atoms with van der Waals surface area (Å²) < 4.78 is 12.9. The second kappa shape index (κ2) is 5.89. The molecule has 0 bridgehead atoms. The second-order valence-electron chi connectivity index (χ2n) is 5.70. The highest BCUT2D eigenvalue weighted by molar-refractivity contribution is 5.82. The number of benzene rings is 1. The monoisotopic (exact) mass is 277 g/mol. The van der Waals surface area contributed by atoms with Crippen LogP contribution in [0.15, 0.2) is 24.3 Å². The fraction of sp³-hybridized carbons (Fsp3) is 0.533. The molecule has 1 saturated carbocycles. The van der Waals surface area contributed by atoms with E-state index in [0.29, 0.717) is 12.5 Å². The maximum absolute atomic E-state index is 12.9. The van der Waals surface area contributed by atoms with E-state index in [1.807, 2.05) is 4.90 Å². The minimum atomic E-state index is -0.240.